The van der Waals surface area contributed by atoms with E-state index in [4.69, 9.17) is 0 Å². The standard InChI is InChI=1S/C21H22N2O3S/c1-4-27(25,26)16-11-9-15(10-12-16)22-21(24)18-13-20(14(2)3)23-19-8-6-5-7-17(18)19/h5-14H,4H2,1-3H3,(H,22,24). The Bertz CT molecular complexity index is 1090. The first-order chi connectivity index (χ1) is 12.8. The maximum absolute atomic E-state index is 12.9. The second kappa shape index (κ2) is 7.48. The summed E-state index contributed by atoms with van der Waals surface area (Å²) in [5.41, 5.74) is 2.72. The lowest BCUT2D eigenvalue weighted by Crippen LogP contribution is -2.14. The van der Waals surface area contributed by atoms with E-state index in [0.717, 1.165) is 16.6 Å². The predicted octanol–water partition coefficient (Wildman–Crippen LogP) is 4.40. The molecule has 5 nitrogen and oxygen atoms in total. The lowest BCUT2D eigenvalue weighted by Gasteiger charge is -2.12. The number of amides is 1. The summed E-state index contributed by atoms with van der Waals surface area (Å²) in [6.45, 7) is 5.67. The number of fused-ring (bicyclic) bond motifs is 1. The van der Waals surface area contributed by atoms with Gasteiger partial charge in [-0.15, -0.1) is 0 Å². The highest BCUT2D eigenvalue weighted by molar-refractivity contribution is 7.91. The van der Waals surface area contributed by atoms with Gasteiger partial charge in [-0.2, -0.15) is 0 Å². The third-order valence-corrected chi connectivity index (χ3v) is 6.17. The van der Waals surface area contributed by atoms with E-state index in [-0.39, 0.29) is 22.5 Å². The monoisotopic (exact) mass is 382 g/mol. The van der Waals surface area contributed by atoms with E-state index in [1.54, 1.807) is 19.1 Å². The summed E-state index contributed by atoms with van der Waals surface area (Å²) >= 11 is 0. The first-order valence-corrected chi connectivity index (χ1v) is 10.5. The average Bonchev–Trinajstić information content (AvgIpc) is 2.67. The fraction of sp³-hybridized carbons (Fsp3) is 0.238. The molecule has 0 aliphatic rings. The van der Waals surface area contributed by atoms with Gasteiger partial charge in [-0.25, -0.2) is 8.42 Å². The number of carbonyl (C=O) groups excluding carboxylic acids is 1. The van der Waals surface area contributed by atoms with Crippen LogP contribution in [-0.2, 0) is 9.84 Å². The van der Waals surface area contributed by atoms with E-state index in [0.29, 0.717) is 11.3 Å². The third kappa shape index (κ3) is 4.01. The van der Waals surface area contributed by atoms with E-state index in [9.17, 15) is 13.2 Å². The molecule has 0 spiro atoms. The Morgan fingerprint density at radius 3 is 2.37 bits per heavy atom. The van der Waals surface area contributed by atoms with Crippen molar-refractivity contribution in [2.24, 2.45) is 0 Å². The molecule has 2 aromatic carbocycles. The Morgan fingerprint density at radius 2 is 1.74 bits per heavy atom. The van der Waals surface area contributed by atoms with E-state index in [1.807, 2.05) is 44.2 Å². The van der Waals surface area contributed by atoms with Crippen molar-refractivity contribution in [3.05, 3.63) is 65.9 Å². The van der Waals surface area contributed by atoms with E-state index >= 15 is 0 Å². The number of pyridine rings is 1. The van der Waals surface area contributed by atoms with Crippen molar-refractivity contribution in [3.63, 3.8) is 0 Å². The number of hydrogen-bond donors (Lipinski definition) is 1. The highest BCUT2D eigenvalue weighted by Gasteiger charge is 2.15. The molecule has 0 saturated carbocycles. The fourth-order valence-electron chi connectivity index (χ4n) is 2.79. The quantitative estimate of drug-likeness (QED) is 0.709. The van der Waals surface area contributed by atoms with Gasteiger partial charge in [0.2, 0.25) is 0 Å². The molecule has 6 heteroatoms. The van der Waals surface area contributed by atoms with Crippen LogP contribution in [0.3, 0.4) is 0 Å². The molecule has 0 fully saturated rings. The largest absolute Gasteiger partial charge is 0.322 e. The van der Waals surface area contributed by atoms with Crippen LogP contribution in [0.25, 0.3) is 10.9 Å². The molecule has 0 aliphatic carbocycles. The zero-order valence-electron chi connectivity index (χ0n) is 15.6. The second-order valence-electron chi connectivity index (χ2n) is 6.65. The number of nitrogens with zero attached hydrogens (tertiary/aromatic N) is 1. The number of anilines is 1. The van der Waals surface area contributed by atoms with Gasteiger partial charge in [0.15, 0.2) is 9.84 Å². The molecule has 1 amide bonds. The maximum Gasteiger partial charge on any atom is 0.256 e. The van der Waals surface area contributed by atoms with Gasteiger partial charge >= 0.3 is 0 Å². The molecule has 0 saturated heterocycles. The molecule has 0 bridgehead atoms. The van der Waals surface area contributed by atoms with E-state index < -0.39 is 9.84 Å². The minimum Gasteiger partial charge on any atom is -0.322 e. The molecule has 1 N–H and O–H groups in total. The van der Waals surface area contributed by atoms with Gasteiger partial charge in [-0.1, -0.05) is 39.0 Å². The SMILES string of the molecule is CCS(=O)(=O)c1ccc(NC(=O)c2cc(C(C)C)nc3ccccc23)cc1. The van der Waals surface area contributed by atoms with Crippen molar-refractivity contribution in [2.75, 3.05) is 11.1 Å². The number of carbonyl (C=O) groups is 1. The van der Waals surface area contributed by atoms with Crippen molar-refractivity contribution in [3.8, 4) is 0 Å². The minimum absolute atomic E-state index is 0.0414. The molecule has 0 radical (unpaired) electrons. The molecular weight excluding hydrogens is 360 g/mol. The van der Waals surface area contributed by atoms with Gasteiger partial charge in [0.25, 0.3) is 5.91 Å². The first kappa shape index (κ1) is 19.0. The number of rotatable bonds is 5. The van der Waals surface area contributed by atoms with Crippen molar-refractivity contribution in [1.29, 1.82) is 0 Å². The smallest absolute Gasteiger partial charge is 0.256 e. The topological polar surface area (TPSA) is 76.1 Å². The van der Waals surface area contributed by atoms with Crippen LogP contribution >= 0.6 is 0 Å². The van der Waals surface area contributed by atoms with Gasteiger partial charge in [0.1, 0.15) is 0 Å². The lowest BCUT2D eigenvalue weighted by atomic mass is 10.0. The number of nitrogens with one attached hydrogen (secondary N) is 1. The summed E-state index contributed by atoms with van der Waals surface area (Å²) in [4.78, 5) is 17.8. The zero-order chi connectivity index (χ0) is 19.6. The van der Waals surface area contributed by atoms with E-state index in [1.165, 1.54) is 12.1 Å². The normalized spacial score (nSPS) is 11.7. The zero-order valence-corrected chi connectivity index (χ0v) is 16.4. The molecular formula is C21H22N2O3S. The highest BCUT2D eigenvalue weighted by atomic mass is 32.2. The van der Waals surface area contributed by atoms with Crippen molar-refractivity contribution >= 4 is 32.3 Å². The Balaban J connectivity index is 1.95. The molecule has 3 aromatic rings. The Morgan fingerprint density at radius 1 is 1.07 bits per heavy atom. The van der Waals surface area contributed by atoms with Crippen LogP contribution in [0.15, 0.2) is 59.5 Å². The van der Waals surface area contributed by atoms with Crippen LogP contribution in [0.2, 0.25) is 0 Å². The molecule has 27 heavy (non-hydrogen) atoms. The lowest BCUT2D eigenvalue weighted by molar-refractivity contribution is 0.102. The Kier molecular flexibility index (Phi) is 5.28. The summed E-state index contributed by atoms with van der Waals surface area (Å²) in [7, 11) is -3.26. The first-order valence-electron chi connectivity index (χ1n) is 8.85. The van der Waals surface area contributed by atoms with Crippen LogP contribution < -0.4 is 5.32 Å². The third-order valence-electron chi connectivity index (χ3n) is 4.42. The second-order valence-corrected chi connectivity index (χ2v) is 8.93. The molecule has 1 aromatic heterocycles. The van der Waals surface area contributed by atoms with Gasteiger partial charge < -0.3 is 5.32 Å². The molecule has 0 aliphatic heterocycles. The number of sulfone groups is 1. The van der Waals surface area contributed by atoms with Gasteiger partial charge in [0.05, 0.1) is 21.7 Å². The number of hydrogen-bond acceptors (Lipinski definition) is 4. The molecule has 140 valence electrons. The minimum atomic E-state index is -3.26. The summed E-state index contributed by atoms with van der Waals surface area (Å²) in [6.07, 6.45) is 0. The number of para-hydroxylation sites is 1. The van der Waals surface area contributed by atoms with Crippen molar-refractivity contribution in [1.82, 2.24) is 4.98 Å². The average molecular weight is 382 g/mol. The van der Waals surface area contributed by atoms with Crippen LogP contribution in [0.4, 0.5) is 5.69 Å². The van der Waals surface area contributed by atoms with Crippen LogP contribution in [0.5, 0.6) is 0 Å². The van der Waals surface area contributed by atoms with Gasteiger partial charge in [0, 0.05) is 16.8 Å². The Hall–Kier alpha value is -2.73. The maximum atomic E-state index is 12.9. The van der Waals surface area contributed by atoms with Crippen LogP contribution in [0.1, 0.15) is 42.7 Å². The summed E-state index contributed by atoms with van der Waals surface area (Å²) in [5.74, 6) is -0.0130. The van der Waals surface area contributed by atoms with Crippen LogP contribution in [0, 0.1) is 0 Å². The summed E-state index contributed by atoms with van der Waals surface area (Å²) < 4.78 is 23.8. The van der Waals surface area contributed by atoms with Crippen molar-refractivity contribution in [2.45, 2.75) is 31.6 Å². The Labute approximate surface area is 159 Å². The number of benzene rings is 2. The van der Waals surface area contributed by atoms with E-state index in [2.05, 4.69) is 10.3 Å². The molecule has 0 unspecified atom stereocenters. The van der Waals surface area contributed by atoms with Crippen molar-refractivity contribution < 1.29 is 13.2 Å². The predicted molar refractivity (Wildman–Crippen MR) is 108 cm³/mol. The molecule has 0 atom stereocenters. The molecule has 1 heterocycles. The molecule has 3 rings (SSSR count). The number of aromatic nitrogens is 1. The van der Waals surface area contributed by atoms with Gasteiger partial charge in [-0.05, 0) is 42.3 Å². The van der Waals surface area contributed by atoms with Crippen LogP contribution in [-0.4, -0.2) is 25.1 Å². The summed E-state index contributed by atoms with van der Waals surface area (Å²) in [6, 6.07) is 15.6. The fourth-order valence-corrected chi connectivity index (χ4v) is 3.67. The highest BCUT2D eigenvalue weighted by Crippen LogP contribution is 2.24. The summed E-state index contributed by atoms with van der Waals surface area (Å²) in [5, 5.41) is 3.63. The van der Waals surface area contributed by atoms with Gasteiger partial charge in [-0.3, -0.25) is 9.78 Å².